The van der Waals surface area contributed by atoms with Crippen molar-refractivity contribution >= 4 is 0 Å². The number of rotatable bonds is 0. The van der Waals surface area contributed by atoms with Crippen molar-refractivity contribution in [1.29, 1.82) is 5.26 Å². The first kappa shape index (κ1) is 70.9. The fraction of sp³-hybridized carbons (Fsp3) is 0. The topological polar surface area (TPSA) is 118 Å². The minimum atomic E-state index is 0. The van der Waals surface area contributed by atoms with Gasteiger partial charge in [0, 0.05) is 17.1 Å². The van der Waals surface area contributed by atoms with Gasteiger partial charge in [-0.2, -0.15) is 0 Å². The first-order chi connectivity index (χ1) is 1.00. The summed E-state index contributed by atoms with van der Waals surface area (Å²) in [5.41, 5.74) is 0. The van der Waals surface area contributed by atoms with Crippen molar-refractivity contribution in [2.75, 3.05) is 0 Å². The van der Waals surface area contributed by atoms with Crippen LogP contribution in [0.15, 0.2) is 0 Å². The van der Waals surface area contributed by atoms with Crippen LogP contribution in [0.4, 0.5) is 0 Å². The molecule has 6 heteroatoms. The van der Waals surface area contributed by atoms with Gasteiger partial charge >= 0.3 is 58.2 Å². The normalized spacial score (nSPS) is 0.286. The van der Waals surface area contributed by atoms with Crippen LogP contribution in [-0.2, 0) is 17.1 Å². The molecule has 0 aromatic carbocycles. The molecule has 0 aromatic rings. The third kappa shape index (κ3) is 86.9. The fourth-order valence-corrected chi connectivity index (χ4v) is 0. The molecular formula is CH7FeNO3Rb-. The standard InChI is InChI=1S/CN.Fe.3H2O.Rb.H/c1-2;;;;;;/h;;3*1H2;;/q-1;;;;;+1;-1. The summed E-state index contributed by atoms with van der Waals surface area (Å²) in [6.45, 7) is 4.75. The zero-order chi connectivity index (χ0) is 2.00. The summed E-state index contributed by atoms with van der Waals surface area (Å²) in [5.74, 6) is 0. The zero-order valence-electron chi connectivity index (χ0n) is 4.80. The first-order valence-corrected chi connectivity index (χ1v) is 0.224. The van der Waals surface area contributed by atoms with Gasteiger partial charge in [-0.25, -0.2) is 0 Å². The zero-order valence-corrected chi connectivity index (χ0v) is 9.82. The molecule has 0 unspecified atom stereocenters. The Balaban J connectivity index is -0.000000000333. The molecule has 0 aromatic heterocycles. The molecular weight excluding hydrogens is 215 g/mol. The Morgan fingerprint density at radius 3 is 1.00 bits per heavy atom. The first-order valence-electron chi connectivity index (χ1n) is 0.224. The van der Waals surface area contributed by atoms with E-state index in [1.165, 1.54) is 0 Å². The summed E-state index contributed by atoms with van der Waals surface area (Å²) < 4.78 is 0. The van der Waals surface area contributed by atoms with Gasteiger partial charge in [0.05, 0.1) is 0 Å². The van der Waals surface area contributed by atoms with Crippen molar-refractivity contribution < 1.29 is 93.1 Å². The van der Waals surface area contributed by atoms with E-state index < -0.39 is 0 Å². The van der Waals surface area contributed by atoms with E-state index in [2.05, 4.69) is 0 Å². The van der Waals surface area contributed by atoms with Crippen LogP contribution in [0, 0.1) is 11.8 Å². The maximum Gasteiger partial charge on any atom is 1.00 e. The molecule has 44 valence electrons. The minimum absolute atomic E-state index is 0. The Kier molecular flexibility index (Phi) is 1220. The van der Waals surface area contributed by atoms with E-state index in [9.17, 15) is 0 Å². The van der Waals surface area contributed by atoms with Crippen LogP contribution in [0.1, 0.15) is 1.43 Å². The largest absolute Gasteiger partial charge is 1.00 e. The van der Waals surface area contributed by atoms with Crippen LogP contribution >= 0.6 is 0 Å². The summed E-state index contributed by atoms with van der Waals surface area (Å²) in [7, 11) is 0. The van der Waals surface area contributed by atoms with Gasteiger partial charge in [0.25, 0.3) is 0 Å². The van der Waals surface area contributed by atoms with Gasteiger partial charge in [0.1, 0.15) is 0 Å². The monoisotopic (exact) mass is 222 g/mol. The van der Waals surface area contributed by atoms with Gasteiger partial charge in [0.15, 0.2) is 0 Å². The quantitative estimate of drug-likeness (QED) is 0.295. The van der Waals surface area contributed by atoms with E-state index in [0.717, 1.165) is 0 Å². The SMILES string of the molecule is O.O.O.[C-]#N.[Fe].[H-].[Rb+]. The predicted octanol–water partition coefficient (Wildman–Crippen LogP) is -5.26. The van der Waals surface area contributed by atoms with Crippen molar-refractivity contribution in [1.82, 2.24) is 0 Å². The van der Waals surface area contributed by atoms with E-state index in [-0.39, 0.29) is 93.1 Å². The van der Waals surface area contributed by atoms with Crippen LogP contribution in [0.3, 0.4) is 0 Å². The van der Waals surface area contributed by atoms with Gasteiger partial charge in [-0.15, -0.1) is 0 Å². The van der Waals surface area contributed by atoms with Gasteiger partial charge < -0.3 is 29.7 Å². The van der Waals surface area contributed by atoms with Crippen molar-refractivity contribution in [2.24, 2.45) is 0 Å². The second kappa shape index (κ2) is 120. The molecule has 0 radical (unpaired) electrons. The Morgan fingerprint density at radius 1 is 1.00 bits per heavy atom. The van der Waals surface area contributed by atoms with Gasteiger partial charge in [-0.1, -0.05) is 0 Å². The molecule has 0 saturated carbocycles. The molecule has 0 aliphatic carbocycles. The minimum Gasteiger partial charge on any atom is -1.00 e. The van der Waals surface area contributed by atoms with Crippen LogP contribution in [0.25, 0.3) is 0 Å². The molecule has 0 aliphatic rings. The van der Waals surface area contributed by atoms with E-state index in [4.69, 9.17) is 11.8 Å². The van der Waals surface area contributed by atoms with E-state index in [0.29, 0.717) is 0 Å². The molecule has 6 N–H and O–H groups in total. The van der Waals surface area contributed by atoms with Crippen molar-refractivity contribution in [3.8, 4) is 0 Å². The average Bonchev–Trinajstić information content (AvgIpc) is 1.00. The van der Waals surface area contributed by atoms with Gasteiger partial charge in [-0.3, -0.25) is 0 Å². The maximum atomic E-state index is 6.25. The average molecular weight is 222 g/mol. The molecule has 7 heavy (non-hydrogen) atoms. The molecule has 0 heterocycles. The summed E-state index contributed by atoms with van der Waals surface area (Å²) in [6.07, 6.45) is 0. The van der Waals surface area contributed by atoms with Crippen molar-refractivity contribution in [3.63, 3.8) is 0 Å². The third-order valence-electron chi connectivity index (χ3n) is 0. The smallest absolute Gasteiger partial charge is 1.00 e. The third-order valence-corrected chi connectivity index (χ3v) is 0. The Bertz CT molecular complexity index is 24.0. The van der Waals surface area contributed by atoms with Gasteiger partial charge in [-0.05, 0) is 0 Å². The van der Waals surface area contributed by atoms with E-state index in [1.807, 2.05) is 0 Å². The van der Waals surface area contributed by atoms with Crippen LogP contribution < -0.4 is 58.2 Å². The number of hydrogen-bond donors (Lipinski definition) is 0. The summed E-state index contributed by atoms with van der Waals surface area (Å²) >= 11 is 0. The van der Waals surface area contributed by atoms with E-state index in [1.54, 1.807) is 0 Å². The second-order valence-corrected chi connectivity index (χ2v) is 0. The van der Waals surface area contributed by atoms with Crippen LogP contribution in [0.5, 0.6) is 0 Å². The second-order valence-electron chi connectivity index (χ2n) is 0. The molecule has 0 aliphatic heterocycles. The molecule has 0 saturated heterocycles. The molecule has 4 nitrogen and oxygen atoms in total. The van der Waals surface area contributed by atoms with Crippen LogP contribution in [0.2, 0.25) is 0 Å². The number of hydrogen-bond acceptors (Lipinski definition) is 1. The molecule has 0 rings (SSSR count). The Labute approximate surface area is 103 Å². The number of nitrogens with zero attached hydrogens (tertiary/aromatic N) is 1. The summed E-state index contributed by atoms with van der Waals surface area (Å²) in [6, 6.07) is 0. The predicted molar refractivity (Wildman–Crippen MR) is 16.9 cm³/mol. The molecule has 0 fully saturated rings. The summed E-state index contributed by atoms with van der Waals surface area (Å²) in [5, 5.41) is 6.25. The van der Waals surface area contributed by atoms with Crippen molar-refractivity contribution in [3.05, 3.63) is 6.57 Å². The van der Waals surface area contributed by atoms with Crippen LogP contribution in [-0.4, -0.2) is 16.4 Å². The Hall–Kier alpha value is 1.69. The Morgan fingerprint density at radius 2 is 1.00 bits per heavy atom. The molecule has 0 atom stereocenters. The fourth-order valence-electron chi connectivity index (χ4n) is 0. The van der Waals surface area contributed by atoms with Gasteiger partial charge in [0.2, 0.25) is 0 Å². The molecule has 0 amide bonds. The van der Waals surface area contributed by atoms with E-state index >= 15 is 0 Å². The molecule has 0 bridgehead atoms. The maximum absolute atomic E-state index is 6.25. The van der Waals surface area contributed by atoms with Crippen molar-refractivity contribution in [2.45, 2.75) is 0 Å². The molecule has 0 spiro atoms. The summed E-state index contributed by atoms with van der Waals surface area (Å²) in [4.78, 5) is 0.